The van der Waals surface area contributed by atoms with Gasteiger partial charge in [-0.2, -0.15) is 0 Å². The number of hydrogen-bond donors (Lipinski definition) is 2. The van der Waals surface area contributed by atoms with Crippen LogP contribution in [0.4, 0.5) is 4.79 Å². The molecule has 1 atom stereocenters. The van der Waals surface area contributed by atoms with Crippen LogP contribution in [0, 0.1) is 12.8 Å². The summed E-state index contributed by atoms with van der Waals surface area (Å²) in [5, 5.41) is 12.1. The van der Waals surface area contributed by atoms with Crippen LogP contribution in [0.1, 0.15) is 23.4 Å². The summed E-state index contributed by atoms with van der Waals surface area (Å²) < 4.78 is 2.09. The first-order chi connectivity index (χ1) is 11.7. The summed E-state index contributed by atoms with van der Waals surface area (Å²) in [5.74, 6) is 1.21. The molecule has 1 aromatic heterocycles. The SMILES string of the molecule is Cc1nccn1Cc1cccc(CNC(=O)N2CCC(CO)C2)c1. The second kappa shape index (κ2) is 7.49. The molecule has 0 aliphatic carbocycles. The van der Waals surface area contributed by atoms with Crippen molar-refractivity contribution in [2.24, 2.45) is 5.92 Å². The summed E-state index contributed by atoms with van der Waals surface area (Å²) >= 11 is 0. The highest BCUT2D eigenvalue weighted by atomic mass is 16.3. The van der Waals surface area contributed by atoms with Gasteiger partial charge in [0.1, 0.15) is 5.82 Å². The Morgan fingerprint density at radius 3 is 2.96 bits per heavy atom. The quantitative estimate of drug-likeness (QED) is 0.879. The monoisotopic (exact) mass is 328 g/mol. The largest absolute Gasteiger partial charge is 0.396 e. The Balaban J connectivity index is 1.55. The number of aliphatic hydroxyl groups excluding tert-OH is 1. The predicted molar refractivity (Wildman–Crippen MR) is 91.5 cm³/mol. The summed E-state index contributed by atoms with van der Waals surface area (Å²) in [6.07, 6.45) is 4.65. The molecule has 0 spiro atoms. The van der Waals surface area contributed by atoms with E-state index in [1.54, 1.807) is 11.1 Å². The number of nitrogens with one attached hydrogen (secondary N) is 1. The van der Waals surface area contributed by atoms with E-state index in [4.69, 9.17) is 5.11 Å². The van der Waals surface area contributed by atoms with Crippen molar-refractivity contribution < 1.29 is 9.90 Å². The van der Waals surface area contributed by atoms with Gasteiger partial charge in [-0.3, -0.25) is 0 Å². The lowest BCUT2D eigenvalue weighted by atomic mass is 10.1. The zero-order valence-corrected chi connectivity index (χ0v) is 14.0. The minimum absolute atomic E-state index is 0.0539. The summed E-state index contributed by atoms with van der Waals surface area (Å²) in [7, 11) is 0. The summed E-state index contributed by atoms with van der Waals surface area (Å²) in [5.41, 5.74) is 2.26. The topological polar surface area (TPSA) is 70.4 Å². The number of aryl methyl sites for hydroxylation is 1. The van der Waals surface area contributed by atoms with Gasteiger partial charge < -0.3 is 19.9 Å². The maximum absolute atomic E-state index is 12.2. The van der Waals surface area contributed by atoms with Crippen molar-refractivity contribution in [1.29, 1.82) is 0 Å². The molecule has 0 radical (unpaired) electrons. The lowest BCUT2D eigenvalue weighted by molar-refractivity contribution is 0.198. The molecule has 1 saturated heterocycles. The third-order valence-corrected chi connectivity index (χ3v) is 4.54. The number of benzene rings is 1. The van der Waals surface area contributed by atoms with E-state index in [0.717, 1.165) is 30.9 Å². The summed E-state index contributed by atoms with van der Waals surface area (Å²) in [6.45, 7) is 4.78. The van der Waals surface area contributed by atoms with Crippen molar-refractivity contribution in [2.45, 2.75) is 26.4 Å². The Morgan fingerprint density at radius 2 is 2.25 bits per heavy atom. The number of amides is 2. The Morgan fingerprint density at radius 1 is 1.42 bits per heavy atom. The average Bonchev–Trinajstić information content (AvgIpc) is 3.23. The number of hydrogen-bond acceptors (Lipinski definition) is 3. The van der Waals surface area contributed by atoms with Gasteiger partial charge in [0, 0.05) is 51.1 Å². The van der Waals surface area contributed by atoms with Gasteiger partial charge in [-0.15, -0.1) is 0 Å². The van der Waals surface area contributed by atoms with E-state index < -0.39 is 0 Å². The molecule has 2 N–H and O–H groups in total. The summed E-state index contributed by atoms with van der Waals surface area (Å²) in [6, 6.07) is 8.17. The second-order valence-corrected chi connectivity index (χ2v) is 6.36. The number of nitrogens with zero attached hydrogens (tertiary/aromatic N) is 3. The number of urea groups is 1. The Hall–Kier alpha value is -2.34. The normalized spacial score (nSPS) is 17.2. The molecule has 6 heteroatoms. The van der Waals surface area contributed by atoms with Crippen molar-refractivity contribution in [3.63, 3.8) is 0 Å². The highest BCUT2D eigenvalue weighted by Crippen LogP contribution is 2.15. The number of rotatable bonds is 5. The fraction of sp³-hybridized carbons (Fsp3) is 0.444. The van der Waals surface area contributed by atoms with Gasteiger partial charge in [-0.05, 0) is 24.5 Å². The summed E-state index contributed by atoms with van der Waals surface area (Å²) in [4.78, 5) is 18.2. The van der Waals surface area contributed by atoms with Gasteiger partial charge >= 0.3 is 6.03 Å². The van der Waals surface area contributed by atoms with Gasteiger partial charge in [0.25, 0.3) is 0 Å². The van der Waals surface area contributed by atoms with E-state index in [0.29, 0.717) is 13.1 Å². The molecule has 1 aromatic carbocycles. The molecule has 1 aliphatic rings. The predicted octanol–water partition coefficient (Wildman–Crippen LogP) is 1.76. The van der Waals surface area contributed by atoms with E-state index in [-0.39, 0.29) is 18.6 Å². The maximum Gasteiger partial charge on any atom is 0.317 e. The van der Waals surface area contributed by atoms with Crippen LogP contribution in [0.25, 0.3) is 0 Å². The lowest BCUT2D eigenvalue weighted by Gasteiger charge is -2.17. The highest BCUT2D eigenvalue weighted by molar-refractivity contribution is 5.74. The van der Waals surface area contributed by atoms with E-state index in [1.165, 1.54) is 5.56 Å². The Bertz CT molecular complexity index is 698. The molecular formula is C18H24N4O2. The molecule has 24 heavy (non-hydrogen) atoms. The van der Waals surface area contributed by atoms with Gasteiger partial charge in [-0.25, -0.2) is 9.78 Å². The Kier molecular flexibility index (Phi) is 5.15. The maximum atomic E-state index is 12.2. The zero-order valence-electron chi connectivity index (χ0n) is 14.0. The smallest absolute Gasteiger partial charge is 0.317 e. The minimum atomic E-state index is -0.0539. The van der Waals surface area contributed by atoms with E-state index in [2.05, 4.69) is 27.0 Å². The average molecular weight is 328 g/mol. The molecule has 2 heterocycles. The fourth-order valence-electron chi connectivity index (χ4n) is 3.06. The first-order valence-electron chi connectivity index (χ1n) is 8.35. The van der Waals surface area contributed by atoms with Crippen LogP contribution in [0.2, 0.25) is 0 Å². The van der Waals surface area contributed by atoms with Crippen molar-refractivity contribution in [2.75, 3.05) is 19.7 Å². The highest BCUT2D eigenvalue weighted by Gasteiger charge is 2.25. The molecule has 0 saturated carbocycles. The number of aliphatic hydroxyl groups is 1. The number of imidazole rings is 1. The molecule has 128 valence electrons. The Labute approximate surface area is 142 Å². The molecule has 1 fully saturated rings. The molecule has 6 nitrogen and oxygen atoms in total. The third kappa shape index (κ3) is 3.94. The first kappa shape index (κ1) is 16.5. The lowest BCUT2D eigenvalue weighted by Crippen LogP contribution is -2.38. The van der Waals surface area contributed by atoms with Gasteiger partial charge in [0.2, 0.25) is 0 Å². The fourth-order valence-corrected chi connectivity index (χ4v) is 3.06. The minimum Gasteiger partial charge on any atom is -0.396 e. The van der Waals surface area contributed by atoms with E-state index in [9.17, 15) is 4.79 Å². The number of aromatic nitrogens is 2. The first-order valence-corrected chi connectivity index (χ1v) is 8.35. The van der Waals surface area contributed by atoms with Crippen LogP contribution in [0.3, 0.4) is 0 Å². The second-order valence-electron chi connectivity index (χ2n) is 6.36. The zero-order chi connectivity index (χ0) is 16.9. The molecule has 0 bridgehead atoms. The van der Waals surface area contributed by atoms with Crippen molar-refractivity contribution >= 4 is 6.03 Å². The third-order valence-electron chi connectivity index (χ3n) is 4.54. The van der Waals surface area contributed by atoms with Crippen molar-refractivity contribution in [3.8, 4) is 0 Å². The van der Waals surface area contributed by atoms with Crippen molar-refractivity contribution in [3.05, 3.63) is 53.6 Å². The van der Waals surface area contributed by atoms with Crippen molar-refractivity contribution in [1.82, 2.24) is 19.8 Å². The number of carbonyl (C=O) groups excluding carboxylic acids is 1. The van der Waals surface area contributed by atoms with Crippen LogP contribution in [0.5, 0.6) is 0 Å². The molecular weight excluding hydrogens is 304 g/mol. The molecule has 3 rings (SSSR count). The van der Waals surface area contributed by atoms with Crippen LogP contribution >= 0.6 is 0 Å². The number of carbonyl (C=O) groups is 1. The van der Waals surface area contributed by atoms with Gasteiger partial charge in [0.15, 0.2) is 0 Å². The van der Waals surface area contributed by atoms with Gasteiger partial charge in [-0.1, -0.05) is 24.3 Å². The van der Waals surface area contributed by atoms with E-state index >= 15 is 0 Å². The van der Waals surface area contributed by atoms with Crippen LogP contribution in [0.15, 0.2) is 36.7 Å². The number of likely N-dealkylation sites (tertiary alicyclic amines) is 1. The standard InChI is InChI=1S/C18H24N4O2/c1-14-19-6-8-21(14)11-16-4-2-3-15(9-16)10-20-18(24)22-7-5-17(12-22)13-23/h2-4,6,8-9,17,23H,5,7,10-13H2,1H3,(H,20,24). The molecule has 2 aromatic rings. The van der Waals surface area contributed by atoms with Crippen LogP contribution in [-0.4, -0.2) is 45.3 Å². The molecule has 1 unspecified atom stereocenters. The van der Waals surface area contributed by atoms with Crippen LogP contribution < -0.4 is 5.32 Å². The van der Waals surface area contributed by atoms with Gasteiger partial charge in [0.05, 0.1) is 0 Å². The molecule has 2 amide bonds. The van der Waals surface area contributed by atoms with E-state index in [1.807, 2.05) is 25.3 Å². The van der Waals surface area contributed by atoms with Crippen LogP contribution in [-0.2, 0) is 13.1 Å². The molecule has 1 aliphatic heterocycles.